The first-order valence-electron chi connectivity index (χ1n) is 7.63. The van der Waals surface area contributed by atoms with Gasteiger partial charge in [-0.25, -0.2) is 0 Å². The molecule has 1 unspecified atom stereocenters. The molecule has 0 saturated heterocycles. The fourth-order valence-corrected chi connectivity index (χ4v) is 2.93. The van der Waals surface area contributed by atoms with E-state index in [0.717, 1.165) is 38.8 Å². The lowest BCUT2D eigenvalue weighted by Gasteiger charge is -2.36. The number of rotatable bonds is 7. The monoisotopic (exact) mass is 269 g/mol. The van der Waals surface area contributed by atoms with E-state index >= 15 is 0 Å². The molecule has 1 rings (SSSR count). The molecule has 0 heterocycles. The fourth-order valence-electron chi connectivity index (χ4n) is 2.93. The van der Waals surface area contributed by atoms with Gasteiger partial charge in [0, 0.05) is 19.1 Å². The third-order valence-electron chi connectivity index (χ3n) is 4.07. The lowest BCUT2D eigenvalue weighted by molar-refractivity contribution is -0.139. The van der Waals surface area contributed by atoms with Crippen LogP contribution in [0.4, 0.5) is 0 Å². The smallest absolute Gasteiger partial charge is 0.242 e. The maximum absolute atomic E-state index is 12.7. The van der Waals surface area contributed by atoms with E-state index in [9.17, 15) is 4.79 Å². The van der Waals surface area contributed by atoms with E-state index in [-0.39, 0.29) is 5.91 Å². The van der Waals surface area contributed by atoms with Crippen LogP contribution in [-0.2, 0) is 4.79 Å². The second-order valence-corrected chi connectivity index (χ2v) is 6.41. The second kappa shape index (κ2) is 7.25. The maximum atomic E-state index is 12.7. The van der Waals surface area contributed by atoms with Crippen LogP contribution in [0.15, 0.2) is 0 Å². The Balaban J connectivity index is 2.73. The molecular formula is C15H31N3O. The Morgan fingerprint density at radius 2 is 1.84 bits per heavy atom. The third kappa shape index (κ3) is 4.77. The minimum absolute atomic E-state index is 0.142. The summed E-state index contributed by atoms with van der Waals surface area (Å²) >= 11 is 0. The molecule has 19 heavy (non-hydrogen) atoms. The van der Waals surface area contributed by atoms with Crippen molar-refractivity contribution in [3.63, 3.8) is 0 Å². The first-order valence-corrected chi connectivity index (χ1v) is 7.63. The Labute approximate surface area is 118 Å². The van der Waals surface area contributed by atoms with Crippen LogP contribution >= 0.6 is 0 Å². The number of nitrogens with two attached hydrogens (primary N) is 1. The van der Waals surface area contributed by atoms with Gasteiger partial charge in [-0.05, 0) is 40.3 Å². The predicted octanol–water partition coefficient (Wildman–Crippen LogP) is 1.84. The van der Waals surface area contributed by atoms with E-state index in [1.54, 1.807) is 0 Å². The number of hydrogen-bond donors (Lipinski definition) is 1. The van der Waals surface area contributed by atoms with Gasteiger partial charge in [0.1, 0.15) is 0 Å². The van der Waals surface area contributed by atoms with Crippen LogP contribution in [0.3, 0.4) is 0 Å². The van der Waals surface area contributed by atoms with Crippen molar-refractivity contribution in [3.05, 3.63) is 0 Å². The minimum Gasteiger partial charge on any atom is -0.337 e. The summed E-state index contributed by atoms with van der Waals surface area (Å²) in [4.78, 5) is 16.9. The minimum atomic E-state index is -0.705. The highest BCUT2D eigenvalue weighted by molar-refractivity contribution is 5.86. The first-order chi connectivity index (χ1) is 8.88. The highest BCUT2D eigenvalue weighted by atomic mass is 16.2. The van der Waals surface area contributed by atoms with Crippen LogP contribution in [-0.4, -0.2) is 54.5 Å². The molecule has 1 saturated carbocycles. The van der Waals surface area contributed by atoms with E-state index < -0.39 is 5.54 Å². The van der Waals surface area contributed by atoms with Gasteiger partial charge in [-0.2, -0.15) is 0 Å². The van der Waals surface area contributed by atoms with E-state index in [1.807, 2.05) is 21.0 Å². The summed E-state index contributed by atoms with van der Waals surface area (Å²) in [5.41, 5.74) is 5.54. The summed E-state index contributed by atoms with van der Waals surface area (Å²) in [7, 11) is 4.09. The lowest BCUT2D eigenvalue weighted by Crippen LogP contribution is -2.56. The Hall–Kier alpha value is -0.610. The van der Waals surface area contributed by atoms with E-state index in [2.05, 4.69) is 16.7 Å². The standard InChI is InChI=1S/C15H31N3O/c1-5-10-15(2,16)14(19)18(12-11-17(3)4)13-8-6-7-9-13/h13H,5-12,16H2,1-4H3. The van der Waals surface area contributed by atoms with Gasteiger partial charge in [-0.1, -0.05) is 26.2 Å². The molecule has 1 aliphatic carbocycles. The van der Waals surface area contributed by atoms with Crippen LogP contribution in [0.1, 0.15) is 52.4 Å². The molecule has 1 atom stereocenters. The van der Waals surface area contributed by atoms with Gasteiger partial charge in [-0.3, -0.25) is 4.79 Å². The zero-order valence-corrected chi connectivity index (χ0v) is 13.1. The largest absolute Gasteiger partial charge is 0.337 e. The molecule has 4 heteroatoms. The van der Waals surface area contributed by atoms with Crippen molar-refractivity contribution in [2.24, 2.45) is 5.73 Å². The average molecular weight is 269 g/mol. The van der Waals surface area contributed by atoms with E-state index in [1.165, 1.54) is 12.8 Å². The molecule has 0 bridgehead atoms. The molecule has 0 aliphatic heterocycles. The van der Waals surface area contributed by atoms with Crippen LogP contribution in [0.25, 0.3) is 0 Å². The maximum Gasteiger partial charge on any atom is 0.242 e. The van der Waals surface area contributed by atoms with Crippen LogP contribution < -0.4 is 5.73 Å². The Kier molecular flexibility index (Phi) is 6.27. The van der Waals surface area contributed by atoms with E-state index in [0.29, 0.717) is 6.04 Å². The summed E-state index contributed by atoms with van der Waals surface area (Å²) in [6.45, 7) is 5.67. The molecule has 0 aromatic heterocycles. The molecular weight excluding hydrogens is 238 g/mol. The van der Waals surface area contributed by atoms with Crippen molar-refractivity contribution in [3.8, 4) is 0 Å². The quantitative estimate of drug-likeness (QED) is 0.767. The molecule has 0 aromatic carbocycles. The zero-order chi connectivity index (χ0) is 14.5. The summed E-state index contributed by atoms with van der Waals surface area (Å²) < 4.78 is 0. The fraction of sp³-hybridized carbons (Fsp3) is 0.933. The van der Waals surface area contributed by atoms with Crippen molar-refractivity contribution >= 4 is 5.91 Å². The molecule has 1 amide bonds. The normalized spacial score (nSPS) is 19.7. The summed E-state index contributed by atoms with van der Waals surface area (Å²) in [6, 6.07) is 0.409. The summed E-state index contributed by atoms with van der Waals surface area (Å²) in [6.07, 6.45) is 6.47. The number of nitrogens with zero attached hydrogens (tertiary/aromatic N) is 2. The number of amides is 1. The summed E-state index contributed by atoms with van der Waals surface area (Å²) in [5, 5.41) is 0. The highest BCUT2D eigenvalue weighted by Crippen LogP contribution is 2.26. The Morgan fingerprint density at radius 1 is 1.26 bits per heavy atom. The number of carbonyl (C=O) groups is 1. The molecule has 0 spiro atoms. The van der Waals surface area contributed by atoms with Crippen LogP contribution in [0, 0.1) is 0 Å². The number of likely N-dealkylation sites (N-methyl/N-ethyl adjacent to an activating group) is 1. The number of hydrogen-bond acceptors (Lipinski definition) is 3. The van der Waals surface area contributed by atoms with Crippen molar-refractivity contribution in [2.45, 2.75) is 64.0 Å². The SMILES string of the molecule is CCCC(C)(N)C(=O)N(CCN(C)C)C1CCCC1. The average Bonchev–Trinajstić information content (AvgIpc) is 2.82. The van der Waals surface area contributed by atoms with Gasteiger partial charge in [0.05, 0.1) is 5.54 Å². The van der Waals surface area contributed by atoms with Gasteiger partial charge in [0.15, 0.2) is 0 Å². The second-order valence-electron chi connectivity index (χ2n) is 6.41. The zero-order valence-electron chi connectivity index (χ0n) is 13.1. The highest BCUT2D eigenvalue weighted by Gasteiger charge is 2.36. The first kappa shape index (κ1) is 16.4. The van der Waals surface area contributed by atoms with Crippen molar-refractivity contribution in [1.29, 1.82) is 0 Å². The molecule has 1 aliphatic rings. The molecule has 0 radical (unpaired) electrons. The predicted molar refractivity (Wildman–Crippen MR) is 80.0 cm³/mol. The third-order valence-corrected chi connectivity index (χ3v) is 4.07. The Morgan fingerprint density at radius 3 is 2.32 bits per heavy atom. The van der Waals surface area contributed by atoms with Gasteiger partial charge >= 0.3 is 0 Å². The van der Waals surface area contributed by atoms with Gasteiger partial charge in [0.25, 0.3) is 0 Å². The lowest BCUT2D eigenvalue weighted by atomic mass is 9.94. The van der Waals surface area contributed by atoms with Crippen molar-refractivity contribution < 1.29 is 4.79 Å². The Bertz CT molecular complexity index is 283. The molecule has 1 fully saturated rings. The molecule has 4 nitrogen and oxygen atoms in total. The topological polar surface area (TPSA) is 49.6 Å². The van der Waals surface area contributed by atoms with Crippen molar-refractivity contribution in [1.82, 2.24) is 9.80 Å². The molecule has 112 valence electrons. The van der Waals surface area contributed by atoms with Gasteiger partial charge < -0.3 is 15.5 Å². The summed E-state index contributed by atoms with van der Waals surface area (Å²) in [5.74, 6) is 0.142. The van der Waals surface area contributed by atoms with Crippen LogP contribution in [0.2, 0.25) is 0 Å². The van der Waals surface area contributed by atoms with Crippen molar-refractivity contribution in [2.75, 3.05) is 27.2 Å². The molecule has 2 N–H and O–H groups in total. The van der Waals surface area contributed by atoms with E-state index in [4.69, 9.17) is 5.73 Å². The van der Waals surface area contributed by atoms with Gasteiger partial charge in [0.2, 0.25) is 5.91 Å². The molecule has 0 aromatic rings. The van der Waals surface area contributed by atoms with Crippen LogP contribution in [0.5, 0.6) is 0 Å². The number of carbonyl (C=O) groups excluding carboxylic acids is 1. The van der Waals surface area contributed by atoms with Gasteiger partial charge in [-0.15, -0.1) is 0 Å².